The SMILES string of the molecule is Cc1cc(NC(=O)CSc2nnc(C3CC3)n2-c2ccccc2)on1. The zero-order chi connectivity index (χ0) is 17.2. The first-order valence-electron chi connectivity index (χ1n) is 8.07. The number of carbonyl (C=O) groups excluding carboxylic acids is 1. The third kappa shape index (κ3) is 3.58. The first-order valence-corrected chi connectivity index (χ1v) is 9.06. The molecule has 1 saturated carbocycles. The highest BCUT2D eigenvalue weighted by atomic mass is 32.2. The Kier molecular flexibility index (Phi) is 4.27. The molecular weight excluding hydrogens is 338 g/mol. The highest BCUT2D eigenvalue weighted by Gasteiger charge is 2.31. The van der Waals surface area contributed by atoms with Gasteiger partial charge in [0.15, 0.2) is 5.16 Å². The molecule has 1 aromatic carbocycles. The summed E-state index contributed by atoms with van der Waals surface area (Å²) >= 11 is 1.36. The lowest BCUT2D eigenvalue weighted by Gasteiger charge is -2.09. The summed E-state index contributed by atoms with van der Waals surface area (Å²) in [4.78, 5) is 12.1. The van der Waals surface area contributed by atoms with Crippen LogP contribution in [0.3, 0.4) is 0 Å². The number of hydrogen-bond donors (Lipinski definition) is 1. The van der Waals surface area contributed by atoms with Crippen LogP contribution in [-0.2, 0) is 4.79 Å². The van der Waals surface area contributed by atoms with Crippen molar-refractivity contribution in [2.45, 2.75) is 30.8 Å². The van der Waals surface area contributed by atoms with Crippen LogP contribution >= 0.6 is 11.8 Å². The van der Waals surface area contributed by atoms with Crippen molar-refractivity contribution in [2.75, 3.05) is 11.1 Å². The third-order valence-corrected chi connectivity index (χ3v) is 4.77. The van der Waals surface area contributed by atoms with Crippen molar-refractivity contribution in [1.82, 2.24) is 19.9 Å². The molecule has 1 aliphatic rings. The van der Waals surface area contributed by atoms with Crippen LogP contribution in [0.2, 0.25) is 0 Å². The molecule has 0 unspecified atom stereocenters. The lowest BCUT2D eigenvalue weighted by atomic mass is 10.3. The Morgan fingerprint density at radius 3 is 2.80 bits per heavy atom. The number of hydrogen-bond acceptors (Lipinski definition) is 6. The van der Waals surface area contributed by atoms with E-state index in [0.717, 1.165) is 35.2 Å². The minimum absolute atomic E-state index is 0.170. The van der Waals surface area contributed by atoms with Crippen LogP contribution in [0.4, 0.5) is 5.88 Å². The van der Waals surface area contributed by atoms with Crippen LogP contribution in [0.25, 0.3) is 5.69 Å². The molecule has 1 amide bonds. The Labute approximate surface area is 148 Å². The lowest BCUT2D eigenvalue weighted by Crippen LogP contribution is -2.14. The average molecular weight is 355 g/mol. The first-order chi connectivity index (χ1) is 12.2. The number of nitrogens with one attached hydrogen (secondary N) is 1. The van der Waals surface area contributed by atoms with Gasteiger partial charge in [-0.1, -0.05) is 35.1 Å². The zero-order valence-electron chi connectivity index (χ0n) is 13.7. The number of aromatic nitrogens is 4. The predicted molar refractivity (Wildman–Crippen MR) is 93.9 cm³/mol. The zero-order valence-corrected chi connectivity index (χ0v) is 14.5. The molecule has 3 aromatic rings. The molecule has 1 aliphatic carbocycles. The number of thioether (sulfide) groups is 1. The summed E-state index contributed by atoms with van der Waals surface area (Å²) in [6.07, 6.45) is 2.28. The van der Waals surface area contributed by atoms with Crippen molar-refractivity contribution in [3.63, 3.8) is 0 Å². The number of anilines is 1. The van der Waals surface area contributed by atoms with Crippen LogP contribution < -0.4 is 5.32 Å². The third-order valence-electron chi connectivity index (χ3n) is 3.84. The van der Waals surface area contributed by atoms with E-state index >= 15 is 0 Å². The molecule has 0 atom stereocenters. The number of carbonyl (C=O) groups is 1. The van der Waals surface area contributed by atoms with Crippen LogP contribution in [0.1, 0.15) is 30.3 Å². The van der Waals surface area contributed by atoms with Gasteiger partial charge in [0.25, 0.3) is 0 Å². The van der Waals surface area contributed by atoms with Gasteiger partial charge in [0.2, 0.25) is 11.8 Å². The minimum Gasteiger partial charge on any atom is -0.338 e. The largest absolute Gasteiger partial charge is 0.338 e. The second-order valence-corrected chi connectivity index (χ2v) is 6.90. The van der Waals surface area contributed by atoms with Gasteiger partial charge < -0.3 is 4.52 Å². The molecule has 0 radical (unpaired) electrons. The summed E-state index contributed by atoms with van der Waals surface area (Å²) in [5, 5.41) is 15.8. The molecule has 2 heterocycles. The molecule has 8 heteroatoms. The molecule has 0 bridgehead atoms. The quantitative estimate of drug-likeness (QED) is 0.684. The number of amides is 1. The molecule has 1 N–H and O–H groups in total. The molecule has 0 spiro atoms. The van der Waals surface area contributed by atoms with Crippen LogP contribution in [0.15, 0.2) is 46.1 Å². The highest BCUT2D eigenvalue weighted by Crippen LogP contribution is 2.41. The number of benzene rings is 1. The Morgan fingerprint density at radius 2 is 2.12 bits per heavy atom. The fourth-order valence-corrected chi connectivity index (χ4v) is 3.29. The molecule has 4 rings (SSSR count). The van der Waals surface area contributed by atoms with Gasteiger partial charge in [0, 0.05) is 17.7 Å². The Morgan fingerprint density at radius 1 is 1.32 bits per heavy atom. The average Bonchev–Trinajstić information content (AvgIpc) is 3.25. The van der Waals surface area contributed by atoms with E-state index in [0.29, 0.717) is 11.8 Å². The molecule has 7 nitrogen and oxygen atoms in total. The first kappa shape index (κ1) is 15.9. The Bertz CT molecular complexity index is 886. The minimum atomic E-state index is -0.170. The van der Waals surface area contributed by atoms with Crippen molar-refractivity contribution in [1.29, 1.82) is 0 Å². The summed E-state index contributed by atoms with van der Waals surface area (Å²) in [6, 6.07) is 11.7. The van der Waals surface area contributed by atoms with Gasteiger partial charge in [-0.3, -0.25) is 14.7 Å². The fourth-order valence-electron chi connectivity index (χ4n) is 2.53. The number of nitrogens with zero attached hydrogens (tertiary/aromatic N) is 4. The number of para-hydroxylation sites is 1. The van der Waals surface area contributed by atoms with Gasteiger partial charge in [-0.25, -0.2) is 0 Å². The van der Waals surface area contributed by atoms with E-state index in [-0.39, 0.29) is 11.7 Å². The lowest BCUT2D eigenvalue weighted by molar-refractivity contribution is -0.113. The molecule has 1 fully saturated rings. The van der Waals surface area contributed by atoms with E-state index in [9.17, 15) is 4.79 Å². The van der Waals surface area contributed by atoms with Crippen molar-refractivity contribution >= 4 is 23.6 Å². The summed E-state index contributed by atoms with van der Waals surface area (Å²) < 4.78 is 7.05. The van der Waals surface area contributed by atoms with Gasteiger partial charge >= 0.3 is 0 Å². The highest BCUT2D eigenvalue weighted by molar-refractivity contribution is 7.99. The standard InChI is InChI=1S/C17H17N5O2S/c1-11-9-15(24-21-11)18-14(23)10-25-17-20-19-16(12-7-8-12)22(17)13-5-3-2-4-6-13/h2-6,9,12H,7-8,10H2,1H3,(H,18,23). The fraction of sp³-hybridized carbons (Fsp3) is 0.294. The summed E-state index contributed by atoms with van der Waals surface area (Å²) in [5.41, 5.74) is 1.74. The molecule has 0 saturated heterocycles. The summed E-state index contributed by atoms with van der Waals surface area (Å²) in [7, 11) is 0. The van der Waals surface area contributed by atoms with Crippen molar-refractivity contribution < 1.29 is 9.32 Å². The smallest absolute Gasteiger partial charge is 0.237 e. The topological polar surface area (TPSA) is 85.8 Å². The van der Waals surface area contributed by atoms with Gasteiger partial charge in [-0.15, -0.1) is 10.2 Å². The van der Waals surface area contributed by atoms with Gasteiger partial charge in [0.05, 0.1) is 11.4 Å². The predicted octanol–water partition coefficient (Wildman–Crippen LogP) is 3.17. The van der Waals surface area contributed by atoms with Crippen molar-refractivity contribution in [2.24, 2.45) is 0 Å². The van der Waals surface area contributed by atoms with Crippen molar-refractivity contribution in [3.05, 3.63) is 47.9 Å². The maximum atomic E-state index is 12.1. The maximum Gasteiger partial charge on any atom is 0.237 e. The monoisotopic (exact) mass is 355 g/mol. The number of rotatable bonds is 6. The van der Waals surface area contributed by atoms with Gasteiger partial charge in [-0.2, -0.15) is 0 Å². The maximum absolute atomic E-state index is 12.1. The van der Waals surface area contributed by atoms with Crippen LogP contribution in [-0.4, -0.2) is 31.6 Å². The normalized spacial score (nSPS) is 13.8. The molecule has 25 heavy (non-hydrogen) atoms. The molecule has 0 aliphatic heterocycles. The second-order valence-electron chi connectivity index (χ2n) is 5.96. The second kappa shape index (κ2) is 6.72. The van der Waals surface area contributed by atoms with E-state index in [1.807, 2.05) is 34.9 Å². The summed E-state index contributed by atoms with van der Waals surface area (Å²) in [6.45, 7) is 1.80. The van der Waals surface area contributed by atoms with E-state index in [1.165, 1.54) is 11.8 Å². The van der Waals surface area contributed by atoms with E-state index in [2.05, 4.69) is 20.7 Å². The van der Waals surface area contributed by atoms with Crippen LogP contribution in [0, 0.1) is 6.92 Å². The number of aryl methyl sites for hydroxylation is 1. The van der Waals surface area contributed by atoms with Crippen LogP contribution in [0.5, 0.6) is 0 Å². The van der Waals surface area contributed by atoms with Gasteiger partial charge in [0.1, 0.15) is 5.82 Å². The van der Waals surface area contributed by atoms with Crippen molar-refractivity contribution in [3.8, 4) is 5.69 Å². The Hall–Kier alpha value is -2.61. The summed E-state index contributed by atoms with van der Waals surface area (Å²) in [5.74, 6) is 1.84. The molecule has 2 aromatic heterocycles. The van der Waals surface area contributed by atoms with Gasteiger partial charge in [-0.05, 0) is 31.9 Å². The van der Waals surface area contributed by atoms with E-state index in [4.69, 9.17) is 4.52 Å². The molecular formula is C17H17N5O2S. The molecule has 128 valence electrons. The van der Waals surface area contributed by atoms with E-state index in [1.54, 1.807) is 13.0 Å². The van der Waals surface area contributed by atoms with E-state index < -0.39 is 0 Å². The Balaban J connectivity index is 1.50.